The number of ketones is 1. The van der Waals surface area contributed by atoms with E-state index in [0.29, 0.717) is 19.6 Å². The minimum Gasteiger partial charge on any atom is -0.480 e. The van der Waals surface area contributed by atoms with Crippen molar-refractivity contribution in [3.63, 3.8) is 0 Å². The monoisotopic (exact) mass is 265 g/mol. The molecule has 0 aliphatic carbocycles. The number of carboxylic acid groups (broad SMARTS) is 1. The van der Waals surface area contributed by atoms with E-state index in [1.807, 2.05) is 35.0 Å². The molecule has 6 heteroatoms. The van der Waals surface area contributed by atoms with E-state index in [4.69, 9.17) is 5.11 Å². The topological polar surface area (TPSA) is 65.8 Å². The zero-order valence-corrected chi connectivity index (χ0v) is 11.1. The van der Waals surface area contributed by atoms with E-state index in [1.54, 1.807) is 0 Å². The van der Waals surface area contributed by atoms with E-state index in [2.05, 4.69) is 4.90 Å². The van der Waals surface area contributed by atoms with Crippen LogP contribution >= 0.6 is 0 Å². The first kappa shape index (κ1) is 13.8. The standard InChI is InChI=1S/C13H19N3O3/c1-14-3-2-11(8-14)12(17)9-15-4-6-16(7-5-15)10-13(18)19/h2-3,8H,4-7,9-10H2,1H3,(H,18,19). The van der Waals surface area contributed by atoms with Gasteiger partial charge in [-0.05, 0) is 6.07 Å². The van der Waals surface area contributed by atoms with Gasteiger partial charge in [-0.25, -0.2) is 0 Å². The van der Waals surface area contributed by atoms with E-state index in [-0.39, 0.29) is 12.3 Å². The van der Waals surface area contributed by atoms with Crippen LogP contribution in [-0.4, -0.2) is 70.5 Å². The molecule has 0 spiro atoms. The van der Waals surface area contributed by atoms with Crippen molar-refractivity contribution < 1.29 is 14.7 Å². The summed E-state index contributed by atoms with van der Waals surface area (Å²) >= 11 is 0. The first-order valence-corrected chi connectivity index (χ1v) is 6.36. The molecule has 2 rings (SSSR count). The molecule has 0 saturated carbocycles. The molecule has 0 atom stereocenters. The maximum atomic E-state index is 12.0. The van der Waals surface area contributed by atoms with Gasteiger partial charge in [0.25, 0.3) is 0 Å². The van der Waals surface area contributed by atoms with Crippen LogP contribution < -0.4 is 0 Å². The lowest BCUT2D eigenvalue weighted by atomic mass is 10.2. The van der Waals surface area contributed by atoms with Crippen LogP contribution in [0.25, 0.3) is 0 Å². The molecule has 0 amide bonds. The number of carboxylic acids is 1. The molecule has 1 saturated heterocycles. The summed E-state index contributed by atoms with van der Waals surface area (Å²) in [5, 5.41) is 8.72. The van der Waals surface area contributed by atoms with Crippen molar-refractivity contribution in [1.29, 1.82) is 0 Å². The third kappa shape index (κ3) is 3.90. The fourth-order valence-electron chi connectivity index (χ4n) is 2.26. The summed E-state index contributed by atoms with van der Waals surface area (Å²) in [6, 6.07) is 1.82. The van der Waals surface area contributed by atoms with Gasteiger partial charge >= 0.3 is 5.97 Å². The van der Waals surface area contributed by atoms with Crippen molar-refractivity contribution in [1.82, 2.24) is 14.4 Å². The summed E-state index contributed by atoms with van der Waals surface area (Å²) < 4.78 is 1.86. The zero-order valence-electron chi connectivity index (χ0n) is 11.1. The van der Waals surface area contributed by atoms with Crippen molar-refractivity contribution in [3.05, 3.63) is 24.0 Å². The molecule has 1 fully saturated rings. The molecule has 0 radical (unpaired) electrons. The first-order valence-electron chi connectivity index (χ1n) is 6.36. The Kier molecular flexibility index (Phi) is 4.34. The number of Topliss-reactive ketones (excluding diaryl/α,β-unsaturated/α-hetero) is 1. The molecular weight excluding hydrogens is 246 g/mol. The summed E-state index contributed by atoms with van der Waals surface area (Å²) in [6.45, 7) is 3.38. The number of aryl methyl sites for hydroxylation is 1. The average molecular weight is 265 g/mol. The van der Waals surface area contributed by atoms with E-state index in [1.165, 1.54) is 0 Å². The molecule has 1 aliphatic heterocycles. The number of nitrogens with zero attached hydrogens (tertiary/aromatic N) is 3. The van der Waals surface area contributed by atoms with E-state index >= 15 is 0 Å². The molecule has 1 aliphatic rings. The second-order valence-corrected chi connectivity index (χ2v) is 4.93. The van der Waals surface area contributed by atoms with Crippen molar-refractivity contribution in [2.75, 3.05) is 39.3 Å². The zero-order chi connectivity index (χ0) is 13.8. The van der Waals surface area contributed by atoms with Crippen LogP contribution in [0.3, 0.4) is 0 Å². The highest BCUT2D eigenvalue weighted by Crippen LogP contribution is 2.06. The first-order chi connectivity index (χ1) is 9.04. The largest absolute Gasteiger partial charge is 0.480 e. The Balaban J connectivity index is 1.79. The highest BCUT2D eigenvalue weighted by atomic mass is 16.4. The number of carbonyl (C=O) groups excluding carboxylic acids is 1. The Morgan fingerprint density at radius 1 is 1.16 bits per heavy atom. The molecule has 19 heavy (non-hydrogen) atoms. The Bertz CT molecular complexity index is 461. The van der Waals surface area contributed by atoms with Gasteiger partial charge in [0.05, 0.1) is 13.1 Å². The number of hydrogen-bond donors (Lipinski definition) is 1. The Labute approximate surface area is 112 Å². The maximum absolute atomic E-state index is 12.0. The van der Waals surface area contributed by atoms with Crippen LogP contribution in [0.4, 0.5) is 0 Å². The van der Waals surface area contributed by atoms with Crippen LogP contribution in [-0.2, 0) is 11.8 Å². The molecule has 6 nitrogen and oxygen atoms in total. The summed E-state index contributed by atoms with van der Waals surface area (Å²) in [7, 11) is 1.89. The Hall–Kier alpha value is -1.66. The van der Waals surface area contributed by atoms with Gasteiger partial charge < -0.3 is 9.67 Å². The van der Waals surface area contributed by atoms with Gasteiger partial charge in [-0.2, -0.15) is 0 Å². The SMILES string of the molecule is Cn1ccc(C(=O)CN2CCN(CC(=O)O)CC2)c1. The molecule has 0 aromatic carbocycles. The summed E-state index contributed by atoms with van der Waals surface area (Å²) in [6.07, 6.45) is 3.68. The van der Waals surface area contributed by atoms with Gasteiger partial charge in [-0.3, -0.25) is 19.4 Å². The molecular formula is C13H19N3O3. The number of aromatic nitrogens is 1. The van der Waals surface area contributed by atoms with Gasteiger partial charge in [0.2, 0.25) is 0 Å². The van der Waals surface area contributed by atoms with Gasteiger partial charge in [-0.15, -0.1) is 0 Å². The molecule has 2 heterocycles. The second-order valence-electron chi connectivity index (χ2n) is 4.93. The van der Waals surface area contributed by atoms with Crippen LogP contribution in [0.5, 0.6) is 0 Å². The quantitative estimate of drug-likeness (QED) is 0.754. The number of piperazine rings is 1. The van der Waals surface area contributed by atoms with Gasteiger partial charge in [0.1, 0.15) is 0 Å². The molecule has 0 unspecified atom stereocenters. The van der Waals surface area contributed by atoms with Crippen molar-refractivity contribution >= 4 is 11.8 Å². The second kappa shape index (κ2) is 5.99. The lowest BCUT2D eigenvalue weighted by Gasteiger charge is -2.33. The Morgan fingerprint density at radius 3 is 2.21 bits per heavy atom. The Morgan fingerprint density at radius 2 is 1.74 bits per heavy atom. The highest BCUT2D eigenvalue weighted by Gasteiger charge is 2.20. The van der Waals surface area contributed by atoms with Crippen molar-refractivity contribution in [2.45, 2.75) is 0 Å². The van der Waals surface area contributed by atoms with Crippen LogP contribution in [0.2, 0.25) is 0 Å². The number of aliphatic carboxylic acids is 1. The van der Waals surface area contributed by atoms with E-state index in [9.17, 15) is 9.59 Å². The number of carbonyl (C=O) groups is 2. The number of rotatable bonds is 5. The molecule has 104 valence electrons. The van der Waals surface area contributed by atoms with Crippen molar-refractivity contribution in [3.8, 4) is 0 Å². The van der Waals surface area contributed by atoms with Gasteiger partial charge in [-0.1, -0.05) is 0 Å². The lowest BCUT2D eigenvalue weighted by molar-refractivity contribution is -0.138. The van der Waals surface area contributed by atoms with Gasteiger partial charge in [0.15, 0.2) is 5.78 Å². The van der Waals surface area contributed by atoms with Crippen molar-refractivity contribution in [2.24, 2.45) is 7.05 Å². The molecule has 0 bridgehead atoms. The van der Waals surface area contributed by atoms with Gasteiger partial charge in [0, 0.05) is 51.2 Å². The normalized spacial score (nSPS) is 17.5. The third-order valence-electron chi connectivity index (χ3n) is 3.34. The molecule has 1 aromatic heterocycles. The van der Waals surface area contributed by atoms with Crippen LogP contribution in [0, 0.1) is 0 Å². The maximum Gasteiger partial charge on any atom is 0.317 e. The minimum absolute atomic E-state index is 0.0838. The predicted molar refractivity (Wildman–Crippen MR) is 70.3 cm³/mol. The summed E-state index contributed by atoms with van der Waals surface area (Å²) in [4.78, 5) is 26.6. The highest BCUT2D eigenvalue weighted by molar-refractivity contribution is 5.97. The lowest BCUT2D eigenvalue weighted by Crippen LogP contribution is -2.49. The van der Waals surface area contributed by atoms with Crippen LogP contribution in [0.1, 0.15) is 10.4 Å². The minimum atomic E-state index is -0.797. The van der Waals surface area contributed by atoms with E-state index < -0.39 is 5.97 Å². The van der Waals surface area contributed by atoms with Crippen LogP contribution in [0.15, 0.2) is 18.5 Å². The molecule has 1 aromatic rings. The fraction of sp³-hybridized carbons (Fsp3) is 0.538. The number of hydrogen-bond acceptors (Lipinski definition) is 4. The smallest absolute Gasteiger partial charge is 0.317 e. The van der Waals surface area contributed by atoms with E-state index in [0.717, 1.165) is 18.7 Å². The summed E-state index contributed by atoms with van der Waals surface area (Å²) in [5.41, 5.74) is 0.732. The summed E-state index contributed by atoms with van der Waals surface area (Å²) in [5.74, 6) is -0.680. The fourth-order valence-corrected chi connectivity index (χ4v) is 2.26. The third-order valence-corrected chi connectivity index (χ3v) is 3.34. The average Bonchev–Trinajstić information content (AvgIpc) is 2.78. The molecule has 1 N–H and O–H groups in total. The predicted octanol–water partition coefficient (Wildman–Crippen LogP) is -0.0900.